The van der Waals surface area contributed by atoms with Gasteiger partial charge in [-0.25, -0.2) is 4.39 Å². The van der Waals surface area contributed by atoms with Crippen molar-refractivity contribution in [2.24, 2.45) is 5.92 Å². The largest absolute Gasteiger partial charge is 0.491 e. The van der Waals surface area contributed by atoms with Crippen LogP contribution in [0.25, 0.3) is 0 Å². The number of ether oxygens (including phenoxy) is 1. The molecule has 1 fully saturated rings. The van der Waals surface area contributed by atoms with Gasteiger partial charge in [-0.1, -0.05) is 11.6 Å². The monoisotopic (exact) mass is 272 g/mol. The summed E-state index contributed by atoms with van der Waals surface area (Å²) in [5, 5.41) is 8.87. The average Bonchev–Trinajstić information content (AvgIpc) is 3.08. The maximum absolute atomic E-state index is 13.3. The molecule has 0 aliphatic heterocycles. The molecule has 1 saturated carbocycles. The van der Waals surface area contributed by atoms with Gasteiger partial charge in [-0.05, 0) is 42.9 Å². The molecule has 98 valence electrons. The van der Waals surface area contributed by atoms with Gasteiger partial charge in [-0.2, -0.15) is 0 Å². The summed E-state index contributed by atoms with van der Waals surface area (Å²) in [6.45, 7) is 0.561. The SMILES string of the molecule is O=C(O)CCc1cc(F)cc(Cl)c1OCC1CC1. The Balaban J connectivity index is 2.13. The Kier molecular flexibility index (Phi) is 4.07. The highest BCUT2D eigenvalue weighted by atomic mass is 35.5. The Bertz CT molecular complexity index is 458. The Morgan fingerprint density at radius 2 is 2.22 bits per heavy atom. The standard InChI is InChI=1S/C13H14ClFO3/c14-11-6-10(15)5-9(3-4-12(16)17)13(11)18-7-8-1-2-8/h5-6,8H,1-4,7H2,(H,16,17). The molecule has 0 unspecified atom stereocenters. The van der Waals surface area contributed by atoms with Crippen LogP contribution in [0.2, 0.25) is 5.02 Å². The molecule has 0 aromatic heterocycles. The summed E-state index contributed by atoms with van der Waals surface area (Å²) < 4.78 is 18.8. The van der Waals surface area contributed by atoms with E-state index in [0.29, 0.717) is 23.8 Å². The van der Waals surface area contributed by atoms with Gasteiger partial charge in [-0.3, -0.25) is 4.79 Å². The third-order valence-electron chi connectivity index (χ3n) is 2.85. The van der Waals surface area contributed by atoms with E-state index >= 15 is 0 Å². The first-order valence-corrected chi connectivity index (χ1v) is 6.26. The van der Waals surface area contributed by atoms with Crippen molar-refractivity contribution in [2.45, 2.75) is 25.7 Å². The van der Waals surface area contributed by atoms with Gasteiger partial charge in [0, 0.05) is 6.42 Å². The van der Waals surface area contributed by atoms with Gasteiger partial charge in [0.05, 0.1) is 11.6 Å². The van der Waals surface area contributed by atoms with E-state index in [1.165, 1.54) is 12.1 Å². The smallest absolute Gasteiger partial charge is 0.303 e. The average molecular weight is 273 g/mol. The lowest BCUT2D eigenvalue weighted by Gasteiger charge is -2.12. The molecule has 1 aliphatic rings. The minimum atomic E-state index is -0.927. The first-order valence-electron chi connectivity index (χ1n) is 5.89. The van der Waals surface area contributed by atoms with Crippen molar-refractivity contribution in [3.63, 3.8) is 0 Å². The van der Waals surface area contributed by atoms with E-state index in [-0.39, 0.29) is 17.9 Å². The Morgan fingerprint density at radius 3 is 2.83 bits per heavy atom. The second-order valence-electron chi connectivity index (χ2n) is 4.52. The summed E-state index contributed by atoms with van der Waals surface area (Å²) in [5.74, 6) is -0.424. The fourth-order valence-electron chi connectivity index (χ4n) is 1.69. The zero-order valence-electron chi connectivity index (χ0n) is 9.79. The van der Waals surface area contributed by atoms with Crippen LogP contribution in [0.1, 0.15) is 24.8 Å². The van der Waals surface area contributed by atoms with E-state index < -0.39 is 11.8 Å². The minimum absolute atomic E-state index is 0.0699. The van der Waals surface area contributed by atoms with E-state index in [4.69, 9.17) is 21.4 Å². The lowest BCUT2D eigenvalue weighted by molar-refractivity contribution is -0.136. The molecule has 3 nitrogen and oxygen atoms in total. The van der Waals surface area contributed by atoms with Crippen LogP contribution in [0.15, 0.2) is 12.1 Å². The molecule has 0 atom stereocenters. The number of hydrogen-bond acceptors (Lipinski definition) is 2. The number of hydrogen-bond donors (Lipinski definition) is 1. The molecule has 1 aliphatic carbocycles. The van der Waals surface area contributed by atoms with E-state index in [1.807, 2.05) is 0 Å². The van der Waals surface area contributed by atoms with Crippen LogP contribution in [0.4, 0.5) is 4.39 Å². The maximum Gasteiger partial charge on any atom is 0.303 e. The second-order valence-corrected chi connectivity index (χ2v) is 4.93. The van der Waals surface area contributed by atoms with Gasteiger partial charge in [0.1, 0.15) is 11.6 Å². The molecule has 0 amide bonds. The number of carbonyl (C=O) groups is 1. The van der Waals surface area contributed by atoms with Crippen LogP contribution in [-0.4, -0.2) is 17.7 Å². The summed E-state index contributed by atoms with van der Waals surface area (Å²) in [4.78, 5) is 10.6. The van der Waals surface area contributed by atoms with Gasteiger partial charge in [0.25, 0.3) is 0 Å². The number of aryl methyl sites for hydroxylation is 1. The number of carboxylic acid groups (broad SMARTS) is 1. The number of halogens is 2. The molecule has 0 spiro atoms. The topological polar surface area (TPSA) is 46.5 Å². The molecule has 18 heavy (non-hydrogen) atoms. The molecular weight excluding hydrogens is 259 g/mol. The highest BCUT2D eigenvalue weighted by Gasteiger charge is 2.23. The molecule has 0 radical (unpaired) electrons. The van der Waals surface area contributed by atoms with Crippen molar-refractivity contribution in [1.29, 1.82) is 0 Å². The lowest BCUT2D eigenvalue weighted by Crippen LogP contribution is -2.05. The predicted molar refractivity (Wildman–Crippen MR) is 65.6 cm³/mol. The summed E-state index contributed by atoms with van der Waals surface area (Å²) in [6, 6.07) is 2.48. The lowest BCUT2D eigenvalue weighted by atomic mass is 10.1. The fraction of sp³-hybridized carbons (Fsp3) is 0.462. The summed E-state index contributed by atoms with van der Waals surface area (Å²) in [7, 11) is 0. The second kappa shape index (κ2) is 5.57. The molecule has 1 N–H and O–H groups in total. The van der Waals surface area contributed by atoms with Crippen molar-refractivity contribution < 1.29 is 19.0 Å². The van der Waals surface area contributed by atoms with Crippen molar-refractivity contribution in [3.05, 3.63) is 28.5 Å². The van der Waals surface area contributed by atoms with E-state index in [1.54, 1.807) is 0 Å². The number of rotatable bonds is 6. The number of aliphatic carboxylic acids is 1. The maximum atomic E-state index is 13.3. The predicted octanol–water partition coefficient (Wildman–Crippen LogP) is 3.29. The van der Waals surface area contributed by atoms with Gasteiger partial charge in [0.2, 0.25) is 0 Å². The van der Waals surface area contributed by atoms with Crippen LogP contribution in [0, 0.1) is 11.7 Å². The van der Waals surface area contributed by atoms with E-state index in [9.17, 15) is 9.18 Å². The number of benzene rings is 1. The van der Waals surface area contributed by atoms with E-state index in [2.05, 4.69) is 0 Å². The van der Waals surface area contributed by atoms with Crippen molar-refractivity contribution in [3.8, 4) is 5.75 Å². The van der Waals surface area contributed by atoms with E-state index in [0.717, 1.165) is 12.8 Å². The summed E-state index contributed by atoms with van der Waals surface area (Å²) in [6.07, 6.45) is 2.43. The zero-order chi connectivity index (χ0) is 13.1. The van der Waals surface area contributed by atoms with Crippen molar-refractivity contribution in [2.75, 3.05) is 6.61 Å². The molecule has 1 aromatic rings. The molecule has 0 bridgehead atoms. The van der Waals surface area contributed by atoms with Crippen LogP contribution in [0.5, 0.6) is 5.75 Å². The van der Waals surface area contributed by atoms with Crippen LogP contribution in [0.3, 0.4) is 0 Å². The molecule has 1 aromatic carbocycles. The van der Waals surface area contributed by atoms with Crippen LogP contribution >= 0.6 is 11.6 Å². The van der Waals surface area contributed by atoms with Gasteiger partial charge < -0.3 is 9.84 Å². The molecule has 0 heterocycles. The molecule has 0 saturated heterocycles. The number of carboxylic acids is 1. The third-order valence-corrected chi connectivity index (χ3v) is 3.13. The molecular formula is C13H14ClFO3. The first-order chi connectivity index (χ1) is 8.56. The Morgan fingerprint density at radius 1 is 1.50 bits per heavy atom. The normalized spacial score (nSPS) is 14.6. The molecule has 2 rings (SSSR count). The highest BCUT2D eigenvalue weighted by molar-refractivity contribution is 6.32. The third kappa shape index (κ3) is 3.60. The summed E-state index contributed by atoms with van der Waals surface area (Å²) >= 11 is 5.94. The van der Waals surface area contributed by atoms with Crippen molar-refractivity contribution >= 4 is 17.6 Å². The summed E-state index contributed by atoms with van der Waals surface area (Å²) in [5.41, 5.74) is 0.517. The van der Waals surface area contributed by atoms with Crippen LogP contribution < -0.4 is 4.74 Å². The minimum Gasteiger partial charge on any atom is -0.491 e. The molecule has 5 heteroatoms. The van der Waals surface area contributed by atoms with Gasteiger partial charge in [-0.15, -0.1) is 0 Å². The first kappa shape index (κ1) is 13.1. The van der Waals surface area contributed by atoms with Crippen LogP contribution in [-0.2, 0) is 11.2 Å². The quantitative estimate of drug-likeness (QED) is 0.864. The fourth-order valence-corrected chi connectivity index (χ4v) is 1.97. The zero-order valence-corrected chi connectivity index (χ0v) is 10.5. The Hall–Kier alpha value is -1.29. The van der Waals surface area contributed by atoms with Crippen molar-refractivity contribution in [1.82, 2.24) is 0 Å². The van der Waals surface area contributed by atoms with Gasteiger partial charge in [0.15, 0.2) is 0 Å². The Labute approximate surface area is 110 Å². The highest BCUT2D eigenvalue weighted by Crippen LogP contribution is 2.34. The van der Waals surface area contributed by atoms with Gasteiger partial charge >= 0.3 is 5.97 Å².